The highest BCUT2D eigenvalue weighted by Crippen LogP contribution is 2.22. The molecule has 0 spiro atoms. The molecule has 2 aliphatic heterocycles. The van der Waals surface area contributed by atoms with Gasteiger partial charge in [-0.15, -0.1) is 0 Å². The van der Waals surface area contributed by atoms with E-state index >= 15 is 0 Å². The van der Waals surface area contributed by atoms with E-state index in [0.717, 1.165) is 24.9 Å². The van der Waals surface area contributed by atoms with E-state index < -0.39 is 10.2 Å². The molecule has 3 rings (SSSR count). The van der Waals surface area contributed by atoms with Crippen molar-refractivity contribution in [2.24, 2.45) is 5.92 Å². The van der Waals surface area contributed by atoms with Gasteiger partial charge in [0.2, 0.25) is 0 Å². The molecule has 5 nitrogen and oxygen atoms in total. The van der Waals surface area contributed by atoms with E-state index in [-0.39, 0.29) is 6.04 Å². The third-order valence-corrected chi connectivity index (χ3v) is 5.94. The number of piperidine rings is 1. The largest absolute Gasteiger partial charge is 0.383 e. The predicted molar refractivity (Wildman–Crippen MR) is 84.5 cm³/mol. The standard InChI is InChI=1S/C15H23N3O2S/c1-12-5-4-8-18(11-12)21(19,20)17-14-9-13-6-2-3-7-15(13)16-10-14/h2-3,6-7,12,14,16-17H,4-5,8-11H2,1H3. The topological polar surface area (TPSA) is 61.4 Å². The Morgan fingerprint density at radius 1 is 1.33 bits per heavy atom. The highest BCUT2D eigenvalue weighted by molar-refractivity contribution is 7.87. The van der Waals surface area contributed by atoms with Crippen LogP contribution in [-0.2, 0) is 16.6 Å². The van der Waals surface area contributed by atoms with Gasteiger partial charge in [-0.25, -0.2) is 0 Å². The summed E-state index contributed by atoms with van der Waals surface area (Å²) in [7, 11) is -3.38. The average Bonchev–Trinajstić information content (AvgIpc) is 2.47. The van der Waals surface area contributed by atoms with Gasteiger partial charge in [-0.2, -0.15) is 17.4 Å². The average molecular weight is 309 g/mol. The molecule has 0 aromatic heterocycles. The number of benzene rings is 1. The van der Waals surface area contributed by atoms with Crippen LogP contribution < -0.4 is 10.0 Å². The van der Waals surface area contributed by atoms with Crippen LogP contribution in [0, 0.1) is 5.92 Å². The minimum atomic E-state index is -3.38. The van der Waals surface area contributed by atoms with Gasteiger partial charge in [0.15, 0.2) is 0 Å². The summed E-state index contributed by atoms with van der Waals surface area (Å²) in [5.41, 5.74) is 2.28. The lowest BCUT2D eigenvalue weighted by atomic mass is 10.0. The summed E-state index contributed by atoms with van der Waals surface area (Å²) in [6, 6.07) is 7.98. The maximum atomic E-state index is 12.5. The summed E-state index contributed by atoms with van der Waals surface area (Å²) in [6.45, 7) is 4.02. The minimum Gasteiger partial charge on any atom is -0.383 e. The number of rotatable bonds is 3. The van der Waals surface area contributed by atoms with E-state index in [1.165, 1.54) is 5.56 Å². The van der Waals surface area contributed by atoms with Crippen LogP contribution in [0.25, 0.3) is 0 Å². The fourth-order valence-electron chi connectivity index (χ4n) is 3.17. The van der Waals surface area contributed by atoms with E-state index in [0.29, 0.717) is 25.6 Å². The van der Waals surface area contributed by atoms with Crippen LogP contribution in [-0.4, -0.2) is 38.4 Å². The summed E-state index contributed by atoms with van der Waals surface area (Å²) in [6.07, 6.45) is 2.81. The number of hydrogen-bond donors (Lipinski definition) is 2. The molecule has 0 radical (unpaired) electrons. The lowest BCUT2D eigenvalue weighted by molar-refractivity contribution is 0.276. The summed E-state index contributed by atoms with van der Waals surface area (Å²) < 4.78 is 29.5. The van der Waals surface area contributed by atoms with Crippen LogP contribution >= 0.6 is 0 Å². The predicted octanol–water partition coefficient (Wildman–Crippen LogP) is 1.59. The van der Waals surface area contributed by atoms with Crippen molar-refractivity contribution in [2.45, 2.75) is 32.2 Å². The second-order valence-corrected chi connectivity index (χ2v) is 7.87. The van der Waals surface area contributed by atoms with Crippen molar-refractivity contribution in [1.82, 2.24) is 9.03 Å². The second kappa shape index (κ2) is 5.94. The Bertz CT molecular complexity index is 603. The molecule has 2 N–H and O–H groups in total. The molecular formula is C15H23N3O2S. The first-order valence-electron chi connectivity index (χ1n) is 7.64. The number of para-hydroxylation sites is 1. The Morgan fingerprint density at radius 2 is 2.14 bits per heavy atom. The lowest BCUT2D eigenvalue weighted by Gasteiger charge is -2.33. The number of hydrogen-bond acceptors (Lipinski definition) is 3. The monoisotopic (exact) mass is 309 g/mol. The quantitative estimate of drug-likeness (QED) is 0.891. The van der Waals surface area contributed by atoms with Crippen molar-refractivity contribution in [1.29, 1.82) is 0 Å². The fourth-order valence-corrected chi connectivity index (χ4v) is 4.73. The number of anilines is 1. The molecule has 2 heterocycles. The maximum Gasteiger partial charge on any atom is 0.279 e. The summed E-state index contributed by atoms with van der Waals surface area (Å²) in [4.78, 5) is 0. The number of fused-ring (bicyclic) bond motifs is 1. The van der Waals surface area contributed by atoms with Gasteiger partial charge in [0, 0.05) is 31.4 Å². The normalized spacial score (nSPS) is 26.9. The van der Waals surface area contributed by atoms with Crippen LogP contribution in [0.1, 0.15) is 25.3 Å². The Kier molecular flexibility index (Phi) is 4.19. The molecule has 1 aromatic rings. The molecular weight excluding hydrogens is 286 g/mol. The number of nitrogens with zero attached hydrogens (tertiary/aromatic N) is 1. The molecule has 0 bridgehead atoms. The fraction of sp³-hybridized carbons (Fsp3) is 0.600. The highest BCUT2D eigenvalue weighted by Gasteiger charge is 2.30. The first-order valence-corrected chi connectivity index (χ1v) is 9.08. The minimum absolute atomic E-state index is 0.0814. The Balaban J connectivity index is 1.66. The third-order valence-electron chi connectivity index (χ3n) is 4.30. The maximum absolute atomic E-state index is 12.5. The molecule has 2 unspecified atom stereocenters. The van der Waals surface area contributed by atoms with Gasteiger partial charge in [0.05, 0.1) is 0 Å². The van der Waals surface area contributed by atoms with Crippen molar-refractivity contribution in [2.75, 3.05) is 25.0 Å². The number of nitrogens with one attached hydrogen (secondary N) is 2. The van der Waals surface area contributed by atoms with Gasteiger partial charge in [-0.3, -0.25) is 0 Å². The van der Waals surface area contributed by atoms with Crippen molar-refractivity contribution in [3.05, 3.63) is 29.8 Å². The van der Waals surface area contributed by atoms with E-state index in [1.54, 1.807) is 4.31 Å². The van der Waals surface area contributed by atoms with Crippen LogP contribution in [0.2, 0.25) is 0 Å². The van der Waals surface area contributed by atoms with Crippen LogP contribution in [0.15, 0.2) is 24.3 Å². The Hall–Kier alpha value is -1.11. The lowest BCUT2D eigenvalue weighted by Crippen LogP contribution is -2.51. The molecule has 0 saturated carbocycles. The Labute approximate surface area is 126 Å². The van der Waals surface area contributed by atoms with Crippen molar-refractivity contribution < 1.29 is 8.42 Å². The van der Waals surface area contributed by atoms with Gasteiger partial charge in [0.1, 0.15) is 0 Å². The summed E-state index contributed by atoms with van der Waals surface area (Å²) >= 11 is 0. The van der Waals surface area contributed by atoms with Crippen molar-refractivity contribution in [3.63, 3.8) is 0 Å². The van der Waals surface area contributed by atoms with Crippen molar-refractivity contribution in [3.8, 4) is 0 Å². The Morgan fingerprint density at radius 3 is 2.95 bits per heavy atom. The van der Waals surface area contributed by atoms with Gasteiger partial charge < -0.3 is 5.32 Å². The first kappa shape index (κ1) is 14.8. The zero-order valence-electron chi connectivity index (χ0n) is 12.4. The SMILES string of the molecule is CC1CCCN(S(=O)(=O)NC2CNc3ccccc3C2)C1. The highest BCUT2D eigenvalue weighted by atomic mass is 32.2. The first-order chi connectivity index (χ1) is 10.0. The van der Waals surface area contributed by atoms with Crippen LogP contribution in [0.5, 0.6) is 0 Å². The zero-order valence-corrected chi connectivity index (χ0v) is 13.2. The van der Waals surface area contributed by atoms with E-state index in [9.17, 15) is 8.42 Å². The molecule has 1 saturated heterocycles. The molecule has 1 aromatic carbocycles. The second-order valence-electron chi connectivity index (χ2n) is 6.17. The van der Waals surface area contributed by atoms with Crippen LogP contribution in [0.3, 0.4) is 0 Å². The summed E-state index contributed by atoms with van der Waals surface area (Å²) in [5, 5.41) is 3.30. The smallest absolute Gasteiger partial charge is 0.279 e. The summed E-state index contributed by atoms with van der Waals surface area (Å²) in [5.74, 6) is 0.445. The molecule has 1 fully saturated rings. The van der Waals surface area contributed by atoms with Crippen LogP contribution in [0.4, 0.5) is 5.69 Å². The van der Waals surface area contributed by atoms with Gasteiger partial charge in [-0.1, -0.05) is 25.1 Å². The molecule has 0 aliphatic carbocycles. The third kappa shape index (κ3) is 3.39. The molecule has 6 heteroatoms. The van der Waals surface area contributed by atoms with E-state index in [2.05, 4.69) is 17.0 Å². The molecule has 21 heavy (non-hydrogen) atoms. The zero-order chi connectivity index (χ0) is 14.9. The van der Waals surface area contributed by atoms with Gasteiger partial charge in [0.25, 0.3) is 10.2 Å². The van der Waals surface area contributed by atoms with Gasteiger partial charge in [-0.05, 0) is 36.8 Å². The van der Waals surface area contributed by atoms with Gasteiger partial charge >= 0.3 is 0 Å². The molecule has 2 atom stereocenters. The molecule has 116 valence electrons. The van der Waals surface area contributed by atoms with E-state index in [1.807, 2.05) is 24.3 Å². The molecule has 2 aliphatic rings. The molecule has 0 amide bonds. The van der Waals surface area contributed by atoms with Crippen molar-refractivity contribution >= 4 is 15.9 Å². The van der Waals surface area contributed by atoms with E-state index in [4.69, 9.17) is 0 Å².